The molecule has 0 saturated carbocycles. The van der Waals surface area contributed by atoms with Crippen molar-refractivity contribution in [3.05, 3.63) is 46.4 Å². The zero-order valence-electron chi connectivity index (χ0n) is 12.4. The minimum Gasteiger partial charge on any atom is -0.493 e. The second kappa shape index (κ2) is 6.58. The van der Waals surface area contributed by atoms with Crippen molar-refractivity contribution in [1.82, 2.24) is 0 Å². The summed E-state index contributed by atoms with van der Waals surface area (Å²) in [6.45, 7) is 1.90. The molecular formula is C15H16BrNO4S. The number of benzene rings is 2. The van der Waals surface area contributed by atoms with E-state index >= 15 is 0 Å². The van der Waals surface area contributed by atoms with Crippen LogP contribution in [0.15, 0.2) is 45.8 Å². The van der Waals surface area contributed by atoms with E-state index in [-0.39, 0.29) is 4.90 Å². The molecule has 0 atom stereocenters. The van der Waals surface area contributed by atoms with Gasteiger partial charge in [-0.25, -0.2) is 8.42 Å². The Morgan fingerprint density at radius 3 is 2.09 bits per heavy atom. The molecule has 118 valence electrons. The van der Waals surface area contributed by atoms with E-state index in [0.717, 1.165) is 5.56 Å². The number of anilines is 1. The Labute approximate surface area is 138 Å². The van der Waals surface area contributed by atoms with Gasteiger partial charge in [0, 0.05) is 16.6 Å². The average molecular weight is 386 g/mol. The maximum atomic E-state index is 12.4. The van der Waals surface area contributed by atoms with Gasteiger partial charge in [0.1, 0.15) is 0 Å². The molecule has 0 bridgehead atoms. The normalized spacial score (nSPS) is 11.1. The van der Waals surface area contributed by atoms with Crippen molar-refractivity contribution in [3.8, 4) is 11.5 Å². The summed E-state index contributed by atoms with van der Waals surface area (Å²) >= 11 is 3.33. The summed E-state index contributed by atoms with van der Waals surface area (Å²) in [5, 5.41) is 0. The van der Waals surface area contributed by atoms with Crippen molar-refractivity contribution < 1.29 is 17.9 Å². The Kier molecular flexibility index (Phi) is 4.97. The summed E-state index contributed by atoms with van der Waals surface area (Å²) < 4.78 is 38.3. The molecular weight excluding hydrogens is 370 g/mol. The number of rotatable bonds is 5. The first kappa shape index (κ1) is 16.6. The van der Waals surface area contributed by atoms with Crippen LogP contribution in [-0.4, -0.2) is 22.6 Å². The first-order chi connectivity index (χ1) is 10.4. The van der Waals surface area contributed by atoms with Gasteiger partial charge in [0.2, 0.25) is 0 Å². The maximum Gasteiger partial charge on any atom is 0.261 e. The molecule has 0 saturated heterocycles. The van der Waals surface area contributed by atoms with Gasteiger partial charge in [-0.05, 0) is 35.0 Å². The lowest BCUT2D eigenvalue weighted by atomic mass is 10.2. The SMILES string of the molecule is COc1cc(Br)c(NS(=O)(=O)c2ccc(C)cc2)cc1OC. The molecule has 5 nitrogen and oxygen atoms in total. The Bertz CT molecular complexity index is 773. The van der Waals surface area contributed by atoms with Gasteiger partial charge in [0.25, 0.3) is 10.0 Å². The minimum atomic E-state index is -3.67. The molecule has 0 fully saturated rings. The zero-order valence-corrected chi connectivity index (χ0v) is 14.8. The van der Waals surface area contributed by atoms with Crippen molar-refractivity contribution >= 4 is 31.6 Å². The molecule has 0 aliphatic rings. The highest BCUT2D eigenvalue weighted by molar-refractivity contribution is 9.10. The van der Waals surface area contributed by atoms with Crippen LogP contribution in [0.4, 0.5) is 5.69 Å². The first-order valence-corrected chi connectivity index (χ1v) is 8.66. The number of halogens is 1. The molecule has 22 heavy (non-hydrogen) atoms. The zero-order chi connectivity index (χ0) is 16.3. The van der Waals surface area contributed by atoms with Crippen LogP contribution in [-0.2, 0) is 10.0 Å². The lowest BCUT2D eigenvalue weighted by molar-refractivity contribution is 0.355. The maximum absolute atomic E-state index is 12.4. The average Bonchev–Trinajstić information content (AvgIpc) is 2.49. The third-order valence-electron chi connectivity index (χ3n) is 3.05. The fraction of sp³-hybridized carbons (Fsp3) is 0.200. The lowest BCUT2D eigenvalue weighted by Gasteiger charge is -2.14. The largest absolute Gasteiger partial charge is 0.493 e. The number of ether oxygens (including phenoxy) is 2. The van der Waals surface area contributed by atoms with E-state index in [9.17, 15) is 8.42 Å². The van der Waals surface area contributed by atoms with Crippen LogP contribution >= 0.6 is 15.9 Å². The fourth-order valence-corrected chi connectivity index (χ4v) is 3.48. The molecule has 0 aliphatic carbocycles. The van der Waals surface area contributed by atoms with Gasteiger partial charge in [0.15, 0.2) is 11.5 Å². The second-order valence-corrected chi connectivity index (χ2v) is 7.14. The van der Waals surface area contributed by atoms with E-state index in [4.69, 9.17) is 9.47 Å². The molecule has 2 aromatic carbocycles. The monoisotopic (exact) mass is 385 g/mol. The molecule has 0 radical (unpaired) electrons. The van der Waals surface area contributed by atoms with Crippen molar-refractivity contribution in [2.75, 3.05) is 18.9 Å². The Morgan fingerprint density at radius 1 is 1.00 bits per heavy atom. The Morgan fingerprint density at radius 2 is 1.55 bits per heavy atom. The third kappa shape index (κ3) is 3.53. The van der Waals surface area contributed by atoms with E-state index in [1.807, 2.05) is 6.92 Å². The summed E-state index contributed by atoms with van der Waals surface area (Å²) in [6, 6.07) is 9.83. The molecule has 0 aliphatic heterocycles. The number of aryl methyl sites for hydroxylation is 1. The molecule has 2 rings (SSSR count). The van der Waals surface area contributed by atoms with E-state index in [1.54, 1.807) is 36.4 Å². The smallest absolute Gasteiger partial charge is 0.261 e. The highest BCUT2D eigenvalue weighted by Gasteiger charge is 2.17. The molecule has 0 amide bonds. The van der Waals surface area contributed by atoms with E-state index in [0.29, 0.717) is 21.7 Å². The molecule has 0 heterocycles. The number of hydrogen-bond acceptors (Lipinski definition) is 4. The Balaban J connectivity index is 2.39. The van der Waals surface area contributed by atoms with Crippen LogP contribution in [0.1, 0.15) is 5.56 Å². The number of hydrogen-bond donors (Lipinski definition) is 1. The fourth-order valence-electron chi connectivity index (χ4n) is 1.85. The third-order valence-corrected chi connectivity index (χ3v) is 5.09. The first-order valence-electron chi connectivity index (χ1n) is 6.38. The van der Waals surface area contributed by atoms with Crippen molar-refractivity contribution in [2.45, 2.75) is 11.8 Å². The predicted molar refractivity (Wildman–Crippen MR) is 89.2 cm³/mol. The van der Waals surface area contributed by atoms with Crippen LogP contribution in [0.3, 0.4) is 0 Å². The van der Waals surface area contributed by atoms with Crippen LogP contribution < -0.4 is 14.2 Å². The summed E-state index contributed by atoms with van der Waals surface area (Å²) in [7, 11) is -0.669. The quantitative estimate of drug-likeness (QED) is 0.853. The highest BCUT2D eigenvalue weighted by atomic mass is 79.9. The summed E-state index contributed by atoms with van der Waals surface area (Å²) in [5.74, 6) is 0.944. The van der Waals surface area contributed by atoms with Gasteiger partial charge < -0.3 is 9.47 Å². The topological polar surface area (TPSA) is 64.6 Å². The van der Waals surface area contributed by atoms with Crippen LogP contribution in [0.5, 0.6) is 11.5 Å². The van der Waals surface area contributed by atoms with Gasteiger partial charge in [-0.3, -0.25) is 4.72 Å². The summed E-state index contributed by atoms with van der Waals surface area (Å²) in [6.07, 6.45) is 0. The Hall–Kier alpha value is -1.73. The lowest BCUT2D eigenvalue weighted by Crippen LogP contribution is -2.13. The van der Waals surface area contributed by atoms with Gasteiger partial charge in [0.05, 0.1) is 24.8 Å². The van der Waals surface area contributed by atoms with Crippen molar-refractivity contribution in [2.24, 2.45) is 0 Å². The van der Waals surface area contributed by atoms with Gasteiger partial charge in [-0.15, -0.1) is 0 Å². The van der Waals surface area contributed by atoms with Crippen molar-refractivity contribution in [1.29, 1.82) is 0 Å². The van der Waals surface area contributed by atoms with Crippen LogP contribution in [0.25, 0.3) is 0 Å². The van der Waals surface area contributed by atoms with E-state index < -0.39 is 10.0 Å². The van der Waals surface area contributed by atoms with Crippen LogP contribution in [0.2, 0.25) is 0 Å². The van der Waals surface area contributed by atoms with E-state index in [1.165, 1.54) is 14.2 Å². The standard InChI is InChI=1S/C15H16BrNO4S/c1-10-4-6-11(7-5-10)22(18,19)17-13-9-15(21-3)14(20-2)8-12(13)16/h4-9,17H,1-3H3. The molecule has 0 aromatic heterocycles. The molecule has 0 unspecified atom stereocenters. The van der Waals surface area contributed by atoms with Crippen LogP contribution in [0, 0.1) is 6.92 Å². The van der Waals surface area contributed by atoms with Gasteiger partial charge >= 0.3 is 0 Å². The minimum absolute atomic E-state index is 0.194. The number of nitrogens with one attached hydrogen (secondary N) is 1. The summed E-state index contributed by atoms with van der Waals surface area (Å²) in [5.41, 5.74) is 1.37. The number of methoxy groups -OCH3 is 2. The van der Waals surface area contributed by atoms with Gasteiger partial charge in [-0.1, -0.05) is 17.7 Å². The summed E-state index contributed by atoms with van der Waals surface area (Å²) in [4.78, 5) is 0.194. The van der Waals surface area contributed by atoms with Gasteiger partial charge in [-0.2, -0.15) is 0 Å². The second-order valence-electron chi connectivity index (χ2n) is 4.61. The van der Waals surface area contributed by atoms with E-state index in [2.05, 4.69) is 20.7 Å². The molecule has 1 N–H and O–H groups in total. The molecule has 2 aromatic rings. The number of sulfonamides is 1. The highest BCUT2D eigenvalue weighted by Crippen LogP contribution is 2.37. The molecule has 7 heteroatoms. The van der Waals surface area contributed by atoms with Crippen molar-refractivity contribution in [3.63, 3.8) is 0 Å². The predicted octanol–water partition coefficient (Wildman–Crippen LogP) is 3.58. The molecule has 0 spiro atoms.